The van der Waals surface area contributed by atoms with Crippen LogP contribution in [0.15, 0.2) is 12.7 Å². The minimum absolute atomic E-state index is 0.130. The maximum atomic E-state index is 10.7. The summed E-state index contributed by atoms with van der Waals surface area (Å²) < 4.78 is 0. The fourth-order valence-electron chi connectivity index (χ4n) is 0.677. The van der Waals surface area contributed by atoms with Gasteiger partial charge in [0.1, 0.15) is 0 Å². The zero-order valence-electron chi connectivity index (χ0n) is 7.67. The Balaban J connectivity index is 3.21. The molecule has 0 unspecified atom stereocenters. The average Bonchev–Trinajstić information content (AvgIpc) is 2.11. The van der Waals surface area contributed by atoms with Crippen LogP contribution >= 0.6 is 0 Å². The fraction of sp³-hybridized carbons (Fsp3) is 0.625. The molecule has 4 nitrogen and oxygen atoms in total. The maximum absolute atomic E-state index is 10.7. The number of carbonyl (C=O) groups is 1. The van der Waals surface area contributed by atoms with Crippen molar-refractivity contribution < 1.29 is 9.63 Å². The number of carbonyl (C=O) groups excluding carboxylic acids is 1. The number of rotatable bonds is 6. The molecule has 0 bridgehead atoms. The summed E-state index contributed by atoms with van der Waals surface area (Å²) in [6, 6.07) is 0. The summed E-state index contributed by atoms with van der Waals surface area (Å²) in [6.07, 6.45) is 2.13. The van der Waals surface area contributed by atoms with E-state index >= 15 is 0 Å². The second kappa shape index (κ2) is 6.82. The number of hydrogen-bond donors (Lipinski definition) is 1. The lowest BCUT2D eigenvalue weighted by Crippen LogP contribution is -2.26. The summed E-state index contributed by atoms with van der Waals surface area (Å²) in [7, 11) is 3.46. The lowest BCUT2D eigenvalue weighted by atomic mass is 10.4. The SMILES string of the molecule is C=CC(=O)NCCCN(C)OC. The largest absolute Gasteiger partial charge is 0.353 e. The van der Waals surface area contributed by atoms with Crippen LogP contribution in [-0.2, 0) is 9.63 Å². The molecule has 0 aliphatic rings. The number of nitrogens with one attached hydrogen (secondary N) is 1. The standard InChI is InChI=1S/C8H16N2O2/c1-4-8(11)9-6-5-7-10(2)12-3/h4H,1,5-7H2,2-3H3,(H,9,11). The van der Waals surface area contributed by atoms with Crippen molar-refractivity contribution in [1.82, 2.24) is 10.4 Å². The van der Waals surface area contributed by atoms with Crippen LogP contribution < -0.4 is 5.32 Å². The molecule has 4 heteroatoms. The van der Waals surface area contributed by atoms with Gasteiger partial charge in [-0.15, -0.1) is 0 Å². The van der Waals surface area contributed by atoms with Gasteiger partial charge in [0.15, 0.2) is 0 Å². The monoisotopic (exact) mass is 172 g/mol. The number of amides is 1. The number of hydroxylamine groups is 2. The van der Waals surface area contributed by atoms with E-state index in [2.05, 4.69) is 11.9 Å². The highest BCUT2D eigenvalue weighted by molar-refractivity contribution is 5.86. The first kappa shape index (κ1) is 11.1. The van der Waals surface area contributed by atoms with Crippen molar-refractivity contribution in [3.8, 4) is 0 Å². The van der Waals surface area contributed by atoms with Crippen molar-refractivity contribution in [3.05, 3.63) is 12.7 Å². The Morgan fingerprint density at radius 1 is 1.75 bits per heavy atom. The molecule has 0 atom stereocenters. The second-order valence-electron chi connectivity index (χ2n) is 2.38. The van der Waals surface area contributed by atoms with Crippen LogP contribution in [0.3, 0.4) is 0 Å². The predicted octanol–water partition coefficient (Wildman–Crippen LogP) is 0.172. The molecule has 0 aromatic heterocycles. The molecular weight excluding hydrogens is 156 g/mol. The molecule has 0 aromatic rings. The van der Waals surface area contributed by atoms with Crippen LogP contribution in [0, 0.1) is 0 Å². The van der Waals surface area contributed by atoms with Crippen molar-refractivity contribution >= 4 is 5.91 Å². The maximum Gasteiger partial charge on any atom is 0.243 e. The zero-order chi connectivity index (χ0) is 9.40. The lowest BCUT2D eigenvalue weighted by molar-refractivity contribution is -0.117. The first-order valence-electron chi connectivity index (χ1n) is 3.86. The van der Waals surface area contributed by atoms with E-state index in [0.717, 1.165) is 13.0 Å². The van der Waals surface area contributed by atoms with E-state index < -0.39 is 0 Å². The molecule has 70 valence electrons. The molecule has 0 aromatic carbocycles. The van der Waals surface area contributed by atoms with Gasteiger partial charge in [-0.1, -0.05) is 6.58 Å². The third-order valence-electron chi connectivity index (χ3n) is 1.45. The van der Waals surface area contributed by atoms with E-state index in [1.807, 2.05) is 7.05 Å². The molecule has 0 saturated carbocycles. The minimum Gasteiger partial charge on any atom is -0.353 e. The van der Waals surface area contributed by atoms with Crippen molar-refractivity contribution in [3.63, 3.8) is 0 Å². The minimum atomic E-state index is -0.130. The Bertz CT molecular complexity index is 148. The van der Waals surface area contributed by atoms with E-state index in [1.165, 1.54) is 6.08 Å². The molecule has 0 heterocycles. The highest BCUT2D eigenvalue weighted by atomic mass is 16.7. The molecule has 0 radical (unpaired) electrons. The Labute approximate surface area is 73.1 Å². The van der Waals surface area contributed by atoms with Crippen molar-refractivity contribution in [2.75, 3.05) is 27.2 Å². The first-order chi connectivity index (χ1) is 5.70. The van der Waals surface area contributed by atoms with E-state index in [1.54, 1.807) is 12.2 Å². The highest BCUT2D eigenvalue weighted by Crippen LogP contribution is 1.84. The van der Waals surface area contributed by atoms with Crippen LogP contribution in [0.1, 0.15) is 6.42 Å². The molecular formula is C8H16N2O2. The molecule has 1 N–H and O–H groups in total. The average molecular weight is 172 g/mol. The zero-order valence-corrected chi connectivity index (χ0v) is 7.67. The fourth-order valence-corrected chi connectivity index (χ4v) is 0.677. The van der Waals surface area contributed by atoms with Gasteiger partial charge >= 0.3 is 0 Å². The van der Waals surface area contributed by atoms with Gasteiger partial charge in [-0.3, -0.25) is 4.79 Å². The van der Waals surface area contributed by atoms with Crippen LogP contribution in [0.4, 0.5) is 0 Å². The summed E-state index contributed by atoms with van der Waals surface area (Å²) >= 11 is 0. The number of nitrogens with zero attached hydrogens (tertiary/aromatic N) is 1. The smallest absolute Gasteiger partial charge is 0.243 e. The quantitative estimate of drug-likeness (QED) is 0.353. The van der Waals surface area contributed by atoms with Crippen molar-refractivity contribution in [2.45, 2.75) is 6.42 Å². The lowest BCUT2D eigenvalue weighted by Gasteiger charge is -2.12. The Morgan fingerprint density at radius 2 is 2.42 bits per heavy atom. The Morgan fingerprint density at radius 3 is 2.92 bits per heavy atom. The topological polar surface area (TPSA) is 41.6 Å². The molecule has 0 rings (SSSR count). The molecule has 0 aliphatic carbocycles. The summed E-state index contributed by atoms with van der Waals surface area (Å²) in [4.78, 5) is 15.5. The third-order valence-corrected chi connectivity index (χ3v) is 1.45. The molecule has 0 aliphatic heterocycles. The van der Waals surface area contributed by atoms with Crippen molar-refractivity contribution in [1.29, 1.82) is 0 Å². The van der Waals surface area contributed by atoms with Crippen LogP contribution in [0.2, 0.25) is 0 Å². The molecule has 1 amide bonds. The third kappa shape index (κ3) is 5.88. The van der Waals surface area contributed by atoms with E-state index in [4.69, 9.17) is 4.84 Å². The summed E-state index contributed by atoms with van der Waals surface area (Å²) in [6.45, 7) is 4.79. The summed E-state index contributed by atoms with van der Waals surface area (Å²) in [5.41, 5.74) is 0. The van der Waals surface area contributed by atoms with E-state index in [-0.39, 0.29) is 5.91 Å². The molecule has 12 heavy (non-hydrogen) atoms. The van der Waals surface area contributed by atoms with Gasteiger partial charge in [-0.2, -0.15) is 5.06 Å². The van der Waals surface area contributed by atoms with Crippen molar-refractivity contribution in [2.24, 2.45) is 0 Å². The first-order valence-corrected chi connectivity index (χ1v) is 3.86. The van der Waals surface area contributed by atoms with Gasteiger partial charge in [0, 0.05) is 20.1 Å². The van der Waals surface area contributed by atoms with Crippen LogP contribution in [0.25, 0.3) is 0 Å². The van der Waals surface area contributed by atoms with Gasteiger partial charge in [0.2, 0.25) is 5.91 Å². The van der Waals surface area contributed by atoms with Gasteiger partial charge in [-0.25, -0.2) is 0 Å². The summed E-state index contributed by atoms with van der Waals surface area (Å²) in [5.74, 6) is -0.130. The summed E-state index contributed by atoms with van der Waals surface area (Å²) in [5, 5.41) is 4.38. The molecule has 0 fully saturated rings. The molecule has 0 saturated heterocycles. The normalized spacial score (nSPS) is 9.92. The van der Waals surface area contributed by atoms with Crippen LogP contribution in [0.5, 0.6) is 0 Å². The Kier molecular flexibility index (Phi) is 6.32. The number of hydrogen-bond acceptors (Lipinski definition) is 3. The Hall–Kier alpha value is -0.870. The van der Waals surface area contributed by atoms with Gasteiger partial charge in [0.25, 0.3) is 0 Å². The van der Waals surface area contributed by atoms with Gasteiger partial charge in [0.05, 0.1) is 7.11 Å². The van der Waals surface area contributed by atoms with E-state index in [0.29, 0.717) is 6.54 Å². The van der Waals surface area contributed by atoms with Crippen LogP contribution in [-0.4, -0.2) is 38.2 Å². The van der Waals surface area contributed by atoms with E-state index in [9.17, 15) is 4.79 Å². The predicted molar refractivity (Wildman–Crippen MR) is 47.5 cm³/mol. The van der Waals surface area contributed by atoms with Gasteiger partial charge < -0.3 is 10.2 Å². The molecule has 0 spiro atoms. The second-order valence-corrected chi connectivity index (χ2v) is 2.38. The van der Waals surface area contributed by atoms with Gasteiger partial charge in [-0.05, 0) is 12.5 Å². The highest BCUT2D eigenvalue weighted by Gasteiger charge is 1.95.